The van der Waals surface area contributed by atoms with Crippen LogP contribution >= 0.6 is 0 Å². The van der Waals surface area contributed by atoms with Crippen LogP contribution in [0.5, 0.6) is 0 Å². The number of carbonyl (C=O) groups is 4. The monoisotopic (exact) mass is 338 g/mol. The fraction of sp³-hybridized carbons (Fsp3) is 0.500. The van der Waals surface area contributed by atoms with Crippen molar-refractivity contribution in [3.05, 3.63) is 23.3 Å². The van der Waals surface area contributed by atoms with Crippen LogP contribution in [0.15, 0.2) is 23.3 Å². The molecule has 24 heavy (non-hydrogen) atoms. The second-order valence-electron chi connectivity index (χ2n) is 6.58. The molecular weight excluding hydrogens is 320 g/mol. The first kappa shape index (κ1) is 17.7. The van der Waals surface area contributed by atoms with E-state index < -0.39 is 46.5 Å². The van der Waals surface area contributed by atoms with Gasteiger partial charge in [0.25, 0.3) is 0 Å². The number of allylic oxidation sites excluding steroid dienone is 2. The van der Waals surface area contributed by atoms with Gasteiger partial charge < -0.3 is 20.4 Å². The van der Waals surface area contributed by atoms with Crippen LogP contribution in [0.3, 0.4) is 0 Å². The van der Waals surface area contributed by atoms with E-state index in [4.69, 9.17) is 0 Å². The maximum absolute atomic E-state index is 12.0. The Bertz CT molecular complexity index is 703. The van der Waals surface area contributed by atoms with Gasteiger partial charge in [-0.3, -0.25) is 14.4 Å². The van der Waals surface area contributed by atoms with Crippen molar-refractivity contribution >= 4 is 23.9 Å². The zero-order chi connectivity index (χ0) is 18.4. The van der Waals surface area contributed by atoms with Gasteiger partial charge in [0.15, 0.2) is 0 Å². The van der Waals surface area contributed by atoms with Crippen LogP contribution in [0, 0.1) is 22.7 Å². The second kappa shape index (κ2) is 5.47. The molecule has 0 aromatic heterocycles. The summed E-state index contributed by atoms with van der Waals surface area (Å²) >= 11 is 0. The predicted octanol–water partition coefficient (Wildman–Crippen LogP) is 1.23. The third kappa shape index (κ3) is 2.13. The minimum absolute atomic E-state index is 0.0657. The van der Waals surface area contributed by atoms with Crippen molar-refractivity contribution in [2.24, 2.45) is 22.7 Å². The lowest BCUT2D eigenvalue weighted by atomic mass is 9.50. The molecule has 2 rings (SSSR count). The molecular formula is C16H18O8. The highest BCUT2D eigenvalue weighted by atomic mass is 16.4. The van der Waals surface area contributed by atoms with Gasteiger partial charge >= 0.3 is 23.9 Å². The summed E-state index contributed by atoms with van der Waals surface area (Å²) in [4.78, 5) is 46.6. The van der Waals surface area contributed by atoms with E-state index in [0.29, 0.717) is 0 Å². The predicted molar refractivity (Wildman–Crippen MR) is 79.1 cm³/mol. The van der Waals surface area contributed by atoms with Crippen molar-refractivity contribution in [3.63, 3.8) is 0 Å². The maximum atomic E-state index is 12.0. The molecule has 8 nitrogen and oxygen atoms in total. The number of aliphatic carboxylic acids is 4. The van der Waals surface area contributed by atoms with Crippen molar-refractivity contribution in [1.29, 1.82) is 0 Å². The van der Waals surface area contributed by atoms with E-state index in [2.05, 4.69) is 0 Å². The van der Waals surface area contributed by atoms with E-state index in [9.17, 15) is 39.6 Å². The number of fused-ring (bicyclic) bond motifs is 1. The van der Waals surface area contributed by atoms with Crippen LogP contribution in [0.4, 0.5) is 0 Å². The number of hydrogen-bond donors (Lipinski definition) is 4. The average Bonchev–Trinajstić information content (AvgIpc) is 2.49. The van der Waals surface area contributed by atoms with E-state index in [1.807, 2.05) is 0 Å². The van der Waals surface area contributed by atoms with Gasteiger partial charge in [0, 0.05) is 0 Å². The largest absolute Gasteiger partial charge is 0.481 e. The van der Waals surface area contributed by atoms with E-state index >= 15 is 0 Å². The third-order valence-corrected chi connectivity index (χ3v) is 5.63. The second-order valence-corrected chi connectivity index (χ2v) is 6.58. The molecule has 0 heterocycles. The highest BCUT2D eigenvalue weighted by Gasteiger charge is 2.63. The first-order valence-corrected chi connectivity index (χ1v) is 7.33. The van der Waals surface area contributed by atoms with Crippen LogP contribution in [0.1, 0.15) is 26.7 Å². The standard InChI is InChI=1S/C16H18O8/c1-15(13(21)22)6-5-7-9(16(15,2)14(23)24)4-3-8(11(17)18)10(7)12(19)20/h3-4,7,10H,5-6H2,1-2H3,(H,17,18)(H,19,20)(H,21,22)(H,23,24). The van der Waals surface area contributed by atoms with E-state index in [0.717, 1.165) is 6.08 Å². The molecule has 0 radical (unpaired) electrons. The molecule has 4 N–H and O–H groups in total. The zero-order valence-corrected chi connectivity index (χ0v) is 13.1. The van der Waals surface area contributed by atoms with Crippen molar-refractivity contribution in [1.82, 2.24) is 0 Å². The molecule has 1 fully saturated rings. The minimum atomic E-state index is -1.84. The van der Waals surface area contributed by atoms with E-state index in [1.54, 1.807) is 0 Å². The Kier molecular flexibility index (Phi) is 4.03. The quantitative estimate of drug-likeness (QED) is 0.598. The summed E-state index contributed by atoms with van der Waals surface area (Å²) in [6, 6.07) is 0. The number of rotatable bonds is 4. The summed E-state index contributed by atoms with van der Waals surface area (Å²) in [6.45, 7) is 2.59. The Morgan fingerprint density at radius 2 is 1.58 bits per heavy atom. The van der Waals surface area contributed by atoms with Crippen LogP contribution in [0.2, 0.25) is 0 Å². The molecule has 0 aromatic carbocycles. The summed E-state index contributed by atoms with van der Waals surface area (Å²) in [5.74, 6) is -7.69. The SMILES string of the molecule is CC1(C(=O)O)CCC2C(=CC=C(C(=O)O)C2C(=O)O)C1(C)C(=O)O. The lowest BCUT2D eigenvalue weighted by Crippen LogP contribution is -2.56. The fourth-order valence-corrected chi connectivity index (χ4v) is 3.87. The van der Waals surface area contributed by atoms with Crippen molar-refractivity contribution in [3.8, 4) is 0 Å². The molecule has 0 amide bonds. The van der Waals surface area contributed by atoms with E-state index in [1.165, 1.54) is 19.9 Å². The summed E-state index contributed by atoms with van der Waals surface area (Å²) in [6.07, 6.45) is 2.35. The molecule has 4 unspecified atom stereocenters. The third-order valence-electron chi connectivity index (χ3n) is 5.63. The highest BCUT2D eigenvalue weighted by Crippen LogP contribution is 2.59. The first-order valence-electron chi connectivity index (χ1n) is 7.33. The van der Waals surface area contributed by atoms with Crippen LogP contribution in [0.25, 0.3) is 0 Å². The molecule has 1 saturated carbocycles. The van der Waals surface area contributed by atoms with Crippen LogP contribution in [-0.2, 0) is 19.2 Å². The van der Waals surface area contributed by atoms with Gasteiger partial charge in [-0.05, 0) is 38.2 Å². The Morgan fingerprint density at radius 1 is 1.00 bits per heavy atom. The van der Waals surface area contributed by atoms with Gasteiger partial charge in [-0.15, -0.1) is 0 Å². The topological polar surface area (TPSA) is 149 Å². The van der Waals surface area contributed by atoms with E-state index in [-0.39, 0.29) is 24.0 Å². The van der Waals surface area contributed by atoms with Crippen LogP contribution < -0.4 is 0 Å². The summed E-state index contributed by atoms with van der Waals surface area (Å²) in [5.41, 5.74) is -3.65. The molecule has 0 aromatic rings. The first-order chi connectivity index (χ1) is 11.0. The molecule has 4 atom stereocenters. The average molecular weight is 338 g/mol. The lowest BCUT2D eigenvalue weighted by Gasteiger charge is -2.50. The maximum Gasteiger partial charge on any atom is 0.332 e. The Labute approximate surface area is 137 Å². The molecule has 2 aliphatic rings. The van der Waals surface area contributed by atoms with Crippen LogP contribution in [-0.4, -0.2) is 44.3 Å². The minimum Gasteiger partial charge on any atom is -0.481 e. The Morgan fingerprint density at radius 3 is 2.00 bits per heavy atom. The lowest BCUT2D eigenvalue weighted by molar-refractivity contribution is -0.172. The normalized spacial score (nSPS) is 35.2. The summed E-state index contributed by atoms with van der Waals surface area (Å²) < 4.78 is 0. The number of carboxylic acid groups (broad SMARTS) is 4. The van der Waals surface area contributed by atoms with Gasteiger partial charge in [-0.25, -0.2) is 4.79 Å². The van der Waals surface area contributed by atoms with Crippen molar-refractivity contribution in [2.45, 2.75) is 26.7 Å². The number of carboxylic acids is 4. The Hall–Kier alpha value is -2.64. The fourth-order valence-electron chi connectivity index (χ4n) is 3.87. The van der Waals surface area contributed by atoms with Gasteiger partial charge in [0.2, 0.25) is 0 Å². The molecule has 0 spiro atoms. The van der Waals surface area contributed by atoms with Crippen molar-refractivity contribution in [2.75, 3.05) is 0 Å². The van der Waals surface area contributed by atoms with Crippen molar-refractivity contribution < 1.29 is 39.6 Å². The Balaban J connectivity index is 2.71. The molecule has 8 heteroatoms. The highest BCUT2D eigenvalue weighted by molar-refractivity contribution is 5.96. The molecule has 0 saturated heterocycles. The molecule has 0 aliphatic heterocycles. The van der Waals surface area contributed by atoms with Gasteiger partial charge in [0.05, 0.1) is 16.9 Å². The zero-order valence-electron chi connectivity index (χ0n) is 13.1. The van der Waals surface area contributed by atoms with Gasteiger partial charge in [0.1, 0.15) is 5.41 Å². The smallest absolute Gasteiger partial charge is 0.332 e. The molecule has 0 bridgehead atoms. The summed E-state index contributed by atoms with van der Waals surface area (Å²) in [5, 5.41) is 38.0. The molecule has 130 valence electrons. The summed E-state index contributed by atoms with van der Waals surface area (Å²) in [7, 11) is 0. The molecule has 2 aliphatic carbocycles. The number of hydrogen-bond acceptors (Lipinski definition) is 4. The van der Waals surface area contributed by atoms with Gasteiger partial charge in [-0.1, -0.05) is 12.2 Å². The van der Waals surface area contributed by atoms with Gasteiger partial charge in [-0.2, -0.15) is 0 Å².